The second kappa shape index (κ2) is 6.22. The SMILES string of the molecule is CCC(CC)C(Cl)CNS(=O)(=O)CC1CC1. The first-order valence-electron chi connectivity index (χ1n) is 6.09. The normalized spacial score (nSPS) is 19.0. The Kier molecular flexibility index (Phi) is 5.54. The topological polar surface area (TPSA) is 46.2 Å². The van der Waals surface area contributed by atoms with E-state index in [1.54, 1.807) is 0 Å². The van der Waals surface area contributed by atoms with Gasteiger partial charge in [-0.25, -0.2) is 13.1 Å². The van der Waals surface area contributed by atoms with Gasteiger partial charge in [0.25, 0.3) is 0 Å². The van der Waals surface area contributed by atoms with Crippen LogP contribution in [0.3, 0.4) is 0 Å². The Labute approximate surface area is 104 Å². The number of alkyl halides is 1. The van der Waals surface area contributed by atoms with Gasteiger partial charge in [0.15, 0.2) is 0 Å². The first-order valence-corrected chi connectivity index (χ1v) is 8.18. The molecule has 1 aliphatic rings. The van der Waals surface area contributed by atoms with E-state index in [0.29, 0.717) is 18.4 Å². The van der Waals surface area contributed by atoms with Crippen molar-refractivity contribution < 1.29 is 8.42 Å². The molecule has 1 aliphatic carbocycles. The molecule has 3 nitrogen and oxygen atoms in total. The standard InChI is InChI=1S/C11H22ClNO2S/c1-3-10(4-2)11(12)7-13-16(14,15)8-9-5-6-9/h9-11,13H,3-8H2,1-2H3. The van der Waals surface area contributed by atoms with Crippen LogP contribution in [-0.2, 0) is 10.0 Å². The van der Waals surface area contributed by atoms with E-state index >= 15 is 0 Å². The lowest BCUT2D eigenvalue weighted by Crippen LogP contribution is -2.35. The average Bonchev–Trinajstić information content (AvgIpc) is 3.00. The third kappa shape index (κ3) is 5.02. The van der Waals surface area contributed by atoms with Gasteiger partial charge in [-0.05, 0) is 24.7 Å². The summed E-state index contributed by atoms with van der Waals surface area (Å²) in [6, 6.07) is 0. The Morgan fingerprint density at radius 2 is 1.88 bits per heavy atom. The molecule has 1 saturated carbocycles. The van der Waals surface area contributed by atoms with Crippen molar-refractivity contribution in [3.05, 3.63) is 0 Å². The molecule has 1 unspecified atom stereocenters. The van der Waals surface area contributed by atoms with Crippen LogP contribution in [0.1, 0.15) is 39.5 Å². The van der Waals surface area contributed by atoms with E-state index in [9.17, 15) is 8.42 Å². The van der Waals surface area contributed by atoms with E-state index in [2.05, 4.69) is 18.6 Å². The van der Waals surface area contributed by atoms with Crippen LogP contribution in [0.5, 0.6) is 0 Å². The lowest BCUT2D eigenvalue weighted by molar-refractivity contribution is 0.460. The lowest BCUT2D eigenvalue weighted by atomic mass is 9.99. The van der Waals surface area contributed by atoms with Crippen LogP contribution >= 0.6 is 11.6 Å². The van der Waals surface area contributed by atoms with Crippen molar-refractivity contribution in [3.63, 3.8) is 0 Å². The minimum absolute atomic E-state index is 0.0935. The molecule has 0 aliphatic heterocycles. The zero-order chi connectivity index (χ0) is 12.2. The number of nitrogens with one attached hydrogen (secondary N) is 1. The van der Waals surface area contributed by atoms with Gasteiger partial charge in [0, 0.05) is 11.9 Å². The van der Waals surface area contributed by atoms with Gasteiger partial charge in [-0.2, -0.15) is 0 Å². The number of hydrogen-bond acceptors (Lipinski definition) is 2. The summed E-state index contributed by atoms with van der Waals surface area (Å²) in [7, 11) is -3.10. The molecule has 0 aromatic heterocycles. The van der Waals surface area contributed by atoms with Crippen molar-refractivity contribution in [1.82, 2.24) is 4.72 Å². The summed E-state index contributed by atoms with van der Waals surface area (Å²) >= 11 is 6.18. The maximum atomic E-state index is 11.6. The van der Waals surface area contributed by atoms with Crippen LogP contribution in [0.4, 0.5) is 0 Å². The fraction of sp³-hybridized carbons (Fsp3) is 1.00. The quantitative estimate of drug-likeness (QED) is 0.687. The zero-order valence-corrected chi connectivity index (χ0v) is 11.6. The maximum absolute atomic E-state index is 11.6. The average molecular weight is 268 g/mol. The molecule has 96 valence electrons. The number of halogens is 1. The summed E-state index contributed by atoms with van der Waals surface area (Å²) in [5.74, 6) is 1.06. The molecule has 0 aromatic rings. The Bertz CT molecular complexity index is 297. The predicted octanol–water partition coefficient (Wildman–Crippen LogP) is 2.36. The molecule has 5 heteroatoms. The summed E-state index contributed by atoms with van der Waals surface area (Å²) in [6.45, 7) is 4.54. The van der Waals surface area contributed by atoms with Crippen LogP contribution in [0.2, 0.25) is 0 Å². The van der Waals surface area contributed by atoms with Gasteiger partial charge in [-0.1, -0.05) is 26.7 Å². The van der Waals surface area contributed by atoms with Gasteiger partial charge in [-0.3, -0.25) is 0 Å². The number of hydrogen-bond donors (Lipinski definition) is 1. The second-order valence-corrected chi connectivity index (χ2v) is 7.08. The molecule has 1 atom stereocenters. The molecule has 0 bridgehead atoms. The summed E-state index contributed by atoms with van der Waals surface area (Å²) in [6.07, 6.45) is 4.10. The fourth-order valence-corrected chi connectivity index (χ4v) is 3.86. The van der Waals surface area contributed by atoms with Crippen molar-refractivity contribution >= 4 is 21.6 Å². The fourth-order valence-electron chi connectivity index (χ4n) is 1.83. The highest BCUT2D eigenvalue weighted by Gasteiger charge is 2.28. The molecule has 0 aromatic carbocycles. The lowest BCUT2D eigenvalue weighted by Gasteiger charge is -2.19. The Balaban J connectivity index is 2.31. The van der Waals surface area contributed by atoms with Crippen molar-refractivity contribution in [2.45, 2.75) is 44.9 Å². The third-order valence-electron chi connectivity index (χ3n) is 3.21. The predicted molar refractivity (Wildman–Crippen MR) is 68.2 cm³/mol. The zero-order valence-electron chi connectivity index (χ0n) is 10.1. The van der Waals surface area contributed by atoms with Gasteiger partial charge in [0.05, 0.1) is 5.75 Å². The second-order valence-electron chi connectivity index (χ2n) is 4.67. The minimum Gasteiger partial charge on any atom is -0.214 e. The Morgan fingerprint density at radius 3 is 2.31 bits per heavy atom. The van der Waals surface area contributed by atoms with Crippen molar-refractivity contribution in [3.8, 4) is 0 Å². The van der Waals surface area contributed by atoms with Crippen LogP contribution in [-0.4, -0.2) is 26.1 Å². The third-order valence-corrected chi connectivity index (χ3v) is 5.24. The monoisotopic (exact) mass is 267 g/mol. The molecule has 1 N–H and O–H groups in total. The van der Waals surface area contributed by atoms with E-state index in [4.69, 9.17) is 11.6 Å². The highest BCUT2D eigenvalue weighted by molar-refractivity contribution is 7.89. The van der Waals surface area contributed by atoms with Crippen LogP contribution < -0.4 is 4.72 Å². The molecular formula is C11H22ClNO2S. The van der Waals surface area contributed by atoms with Crippen molar-refractivity contribution in [2.75, 3.05) is 12.3 Å². The summed E-state index contributed by atoms with van der Waals surface area (Å²) in [5, 5.41) is -0.0935. The highest BCUT2D eigenvalue weighted by Crippen LogP contribution is 2.30. The summed E-state index contributed by atoms with van der Waals surface area (Å²) in [5.41, 5.74) is 0. The van der Waals surface area contributed by atoms with E-state index < -0.39 is 10.0 Å². The molecule has 0 saturated heterocycles. The van der Waals surface area contributed by atoms with Gasteiger partial charge in [0.2, 0.25) is 10.0 Å². The first-order chi connectivity index (χ1) is 7.48. The highest BCUT2D eigenvalue weighted by atomic mass is 35.5. The molecule has 1 rings (SSSR count). The van der Waals surface area contributed by atoms with Gasteiger partial charge >= 0.3 is 0 Å². The molecule has 1 fully saturated rings. The molecular weight excluding hydrogens is 246 g/mol. The summed E-state index contributed by atoms with van der Waals surface area (Å²) < 4.78 is 25.8. The maximum Gasteiger partial charge on any atom is 0.211 e. The molecule has 0 heterocycles. The van der Waals surface area contributed by atoms with Gasteiger partial charge in [-0.15, -0.1) is 11.6 Å². The van der Waals surface area contributed by atoms with E-state index in [1.807, 2.05) is 0 Å². The van der Waals surface area contributed by atoms with E-state index in [1.165, 1.54) is 0 Å². The minimum atomic E-state index is -3.10. The van der Waals surface area contributed by atoms with Crippen LogP contribution in [0, 0.1) is 11.8 Å². The van der Waals surface area contributed by atoms with Crippen molar-refractivity contribution in [1.29, 1.82) is 0 Å². The van der Waals surface area contributed by atoms with E-state index in [-0.39, 0.29) is 11.1 Å². The van der Waals surface area contributed by atoms with Crippen LogP contribution in [0.25, 0.3) is 0 Å². The largest absolute Gasteiger partial charge is 0.214 e. The Morgan fingerprint density at radius 1 is 1.31 bits per heavy atom. The molecule has 0 spiro atoms. The molecule has 0 radical (unpaired) electrons. The van der Waals surface area contributed by atoms with E-state index in [0.717, 1.165) is 25.7 Å². The molecule has 16 heavy (non-hydrogen) atoms. The van der Waals surface area contributed by atoms with Crippen molar-refractivity contribution in [2.24, 2.45) is 11.8 Å². The smallest absolute Gasteiger partial charge is 0.211 e. The van der Waals surface area contributed by atoms with Crippen LogP contribution in [0.15, 0.2) is 0 Å². The summed E-state index contributed by atoms with van der Waals surface area (Å²) in [4.78, 5) is 0. The molecule has 0 amide bonds. The van der Waals surface area contributed by atoms with Gasteiger partial charge in [0.1, 0.15) is 0 Å². The number of sulfonamides is 1. The first kappa shape index (κ1) is 14.3. The van der Waals surface area contributed by atoms with Gasteiger partial charge < -0.3 is 0 Å². The number of rotatable bonds is 8. The Hall–Kier alpha value is 0.200.